The Kier molecular flexibility index (Phi) is 8.82. The summed E-state index contributed by atoms with van der Waals surface area (Å²) < 4.78 is 0. The first-order valence-electron chi connectivity index (χ1n) is 6.21. The number of hydrogen-bond acceptors (Lipinski definition) is 3. The lowest BCUT2D eigenvalue weighted by atomic mass is 10.3. The van der Waals surface area contributed by atoms with Gasteiger partial charge in [-0.25, -0.2) is 4.98 Å². The van der Waals surface area contributed by atoms with Crippen LogP contribution in [0.1, 0.15) is 26.3 Å². The molecule has 4 heteroatoms. The Balaban J connectivity index is 0.00000121. The van der Waals surface area contributed by atoms with E-state index in [0.717, 1.165) is 31.0 Å². The highest BCUT2D eigenvalue weighted by Crippen LogP contribution is 2.17. The molecule has 0 radical (unpaired) electrons. The normalized spacial score (nSPS) is 9.53. The van der Waals surface area contributed by atoms with Gasteiger partial charge in [0.1, 0.15) is 11.0 Å². The quantitative estimate of drug-likeness (QED) is 0.822. The summed E-state index contributed by atoms with van der Waals surface area (Å²) in [6.45, 7) is 11.0. The van der Waals surface area contributed by atoms with Gasteiger partial charge in [-0.3, -0.25) is 0 Å². The molecular weight excluding hydrogens is 234 g/mol. The maximum Gasteiger partial charge on any atom is 0.131 e. The third-order valence-electron chi connectivity index (χ3n) is 2.26. The van der Waals surface area contributed by atoms with Crippen molar-refractivity contribution in [2.24, 2.45) is 0 Å². The number of hydrogen-bond donors (Lipinski definition) is 1. The number of halogens is 1. The van der Waals surface area contributed by atoms with Crippen LogP contribution in [0.15, 0.2) is 12.1 Å². The first-order valence-corrected chi connectivity index (χ1v) is 6.59. The van der Waals surface area contributed by atoms with Crippen molar-refractivity contribution < 1.29 is 0 Å². The molecule has 0 unspecified atom stereocenters. The van der Waals surface area contributed by atoms with Gasteiger partial charge in [0.05, 0.1) is 0 Å². The number of nitrogens with zero attached hydrogens (tertiary/aromatic N) is 2. The van der Waals surface area contributed by atoms with E-state index in [4.69, 9.17) is 11.6 Å². The van der Waals surface area contributed by atoms with Crippen LogP contribution >= 0.6 is 11.6 Å². The predicted octanol–water partition coefficient (Wildman–Crippen LogP) is 3.12. The van der Waals surface area contributed by atoms with Crippen LogP contribution in [0.5, 0.6) is 0 Å². The van der Waals surface area contributed by atoms with Crippen molar-refractivity contribution in [1.29, 1.82) is 0 Å². The van der Waals surface area contributed by atoms with Crippen LogP contribution in [0, 0.1) is 6.92 Å². The molecule has 0 aromatic carbocycles. The molecule has 0 saturated carbocycles. The molecule has 98 valence electrons. The smallest absolute Gasteiger partial charge is 0.131 e. The van der Waals surface area contributed by atoms with E-state index < -0.39 is 0 Å². The molecule has 0 spiro atoms. The maximum atomic E-state index is 5.93. The molecule has 0 aliphatic rings. The first-order chi connectivity index (χ1) is 8.17. The fourth-order valence-corrected chi connectivity index (χ4v) is 1.71. The molecule has 0 fully saturated rings. The van der Waals surface area contributed by atoms with Crippen molar-refractivity contribution in [3.63, 3.8) is 0 Å². The number of aromatic nitrogens is 1. The molecular formula is C13H24ClN3. The Morgan fingerprint density at radius 1 is 1.35 bits per heavy atom. The minimum Gasteiger partial charge on any atom is -0.356 e. The minimum atomic E-state index is 0.563. The van der Waals surface area contributed by atoms with E-state index in [-0.39, 0.29) is 0 Å². The second kappa shape index (κ2) is 9.25. The molecule has 0 saturated heterocycles. The standard InChI is InChI=1S/C11H18ClN3.C2H6/c1-4-15(6-5-13-3)11-8-9(2)7-10(12)14-11;1-2/h7-8,13H,4-6H2,1-3H3;1-2H3. The second-order valence-electron chi connectivity index (χ2n) is 3.51. The van der Waals surface area contributed by atoms with Gasteiger partial charge in [-0.15, -0.1) is 0 Å². The van der Waals surface area contributed by atoms with Gasteiger partial charge in [0, 0.05) is 19.6 Å². The molecule has 3 nitrogen and oxygen atoms in total. The summed E-state index contributed by atoms with van der Waals surface area (Å²) in [6.07, 6.45) is 0. The van der Waals surface area contributed by atoms with Crippen LogP contribution in [-0.4, -0.2) is 31.7 Å². The molecule has 1 heterocycles. The van der Waals surface area contributed by atoms with Crippen molar-refractivity contribution >= 4 is 17.4 Å². The molecule has 1 aromatic rings. The van der Waals surface area contributed by atoms with Crippen LogP contribution in [0.25, 0.3) is 0 Å². The van der Waals surface area contributed by atoms with E-state index in [9.17, 15) is 0 Å². The lowest BCUT2D eigenvalue weighted by Crippen LogP contribution is -2.31. The van der Waals surface area contributed by atoms with E-state index in [1.807, 2.05) is 33.9 Å². The summed E-state index contributed by atoms with van der Waals surface area (Å²) in [4.78, 5) is 6.53. The zero-order chi connectivity index (χ0) is 13.3. The summed E-state index contributed by atoms with van der Waals surface area (Å²) >= 11 is 5.93. The fraction of sp³-hybridized carbons (Fsp3) is 0.615. The van der Waals surface area contributed by atoms with E-state index in [2.05, 4.69) is 28.2 Å². The lowest BCUT2D eigenvalue weighted by molar-refractivity contribution is 0.729. The molecule has 0 amide bonds. The largest absolute Gasteiger partial charge is 0.356 e. The highest BCUT2D eigenvalue weighted by Gasteiger charge is 2.06. The molecule has 0 atom stereocenters. The summed E-state index contributed by atoms with van der Waals surface area (Å²) in [7, 11) is 1.95. The molecule has 17 heavy (non-hydrogen) atoms. The number of aryl methyl sites for hydroxylation is 1. The Labute approximate surface area is 110 Å². The SMILES string of the molecule is CC.CCN(CCNC)c1cc(C)cc(Cl)n1. The second-order valence-corrected chi connectivity index (χ2v) is 3.90. The van der Waals surface area contributed by atoms with Crippen molar-refractivity contribution in [2.45, 2.75) is 27.7 Å². The number of anilines is 1. The molecule has 1 N–H and O–H groups in total. The highest BCUT2D eigenvalue weighted by atomic mass is 35.5. The Bertz CT molecular complexity index is 295. The molecule has 1 rings (SSSR count). The highest BCUT2D eigenvalue weighted by molar-refractivity contribution is 6.29. The van der Waals surface area contributed by atoms with Gasteiger partial charge in [-0.1, -0.05) is 25.4 Å². The van der Waals surface area contributed by atoms with E-state index in [1.165, 1.54) is 0 Å². The van der Waals surface area contributed by atoms with Gasteiger partial charge in [0.25, 0.3) is 0 Å². The van der Waals surface area contributed by atoms with Gasteiger partial charge in [-0.2, -0.15) is 0 Å². The molecule has 1 aromatic heterocycles. The van der Waals surface area contributed by atoms with Crippen LogP contribution < -0.4 is 10.2 Å². The van der Waals surface area contributed by atoms with E-state index in [0.29, 0.717) is 5.15 Å². The van der Waals surface area contributed by atoms with Crippen LogP contribution in [0.3, 0.4) is 0 Å². The van der Waals surface area contributed by atoms with Crippen LogP contribution in [-0.2, 0) is 0 Å². The van der Waals surface area contributed by atoms with Gasteiger partial charge < -0.3 is 10.2 Å². The van der Waals surface area contributed by atoms with Crippen LogP contribution in [0.4, 0.5) is 5.82 Å². The Morgan fingerprint density at radius 3 is 2.47 bits per heavy atom. The lowest BCUT2D eigenvalue weighted by Gasteiger charge is -2.22. The average molecular weight is 258 g/mol. The number of nitrogens with one attached hydrogen (secondary N) is 1. The Morgan fingerprint density at radius 2 is 2.00 bits per heavy atom. The van der Waals surface area contributed by atoms with E-state index >= 15 is 0 Å². The first kappa shape index (κ1) is 16.2. The topological polar surface area (TPSA) is 28.2 Å². The predicted molar refractivity (Wildman–Crippen MR) is 77.1 cm³/mol. The molecule has 0 bridgehead atoms. The molecule has 0 aliphatic heterocycles. The van der Waals surface area contributed by atoms with E-state index in [1.54, 1.807) is 0 Å². The zero-order valence-electron chi connectivity index (χ0n) is 11.5. The maximum absolute atomic E-state index is 5.93. The summed E-state index contributed by atoms with van der Waals surface area (Å²) in [5.74, 6) is 0.956. The van der Waals surface area contributed by atoms with Gasteiger partial charge in [-0.05, 0) is 38.6 Å². The van der Waals surface area contributed by atoms with Crippen molar-refractivity contribution in [2.75, 3.05) is 31.6 Å². The third-order valence-corrected chi connectivity index (χ3v) is 2.46. The van der Waals surface area contributed by atoms with Gasteiger partial charge in [0.15, 0.2) is 0 Å². The van der Waals surface area contributed by atoms with Crippen molar-refractivity contribution in [1.82, 2.24) is 10.3 Å². The van der Waals surface area contributed by atoms with Crippen LogP contribution in [0.2, 0.25) is 5.15 Å². The van der Waals surface area contributed by atoms with Crippen molar-refractivity contribution in [3.8, 4) is 0 Å². The molecule has 0 aliphatic carbocycles. The number of rotatable bonds is 5. The monoisotopic (exact) mass is 257 g/mol. The summed E-state index contributed by atoms with van der Waals surface area (Å²) in [6, 6.07) is 3.93. The van der Waals surface area contributed by atoms with Crippen molar-refractivity contribution in [3.05, 3.63) is 22.8 Å². The number of likely N-dealkylation sites (N-methyl/N-ethyl adjacent to an activating group) is 2. The van der Waals surface area contributed by atoms with Gasteiger partial charge >= 0.3 is 0 Å². The third kappa shape index (κ3) is 5.89. The average Bonchev–Trinajstić information content (AvgIpc) is 2.31. The number of pyridine rings is 1. The Hall–Kier alpha value is -0.800. The summed E-state index contributed by atoms with van der Waals surface area (Å²) in [5, 5.41) is 3.69. The zero-order valence-corrected chi connectivity index (χ0v) is 12.3. The minimum absolute atomic E-state index is 0.563. The summed E-state index contributed by atoms with van der Waals surface area (Å²) in [5.41, 5.74) is 1.15. The fourth-order valence-electron chi connectivity index (χ4n) is 1.45. The van der Waals surface area contributed by atoms with Gasteiger partial charge in [0.2, 0.25) is 0 Å².